The summed E-state index contributed by atoms with van der Waals surface area (Å²) < 4.78 is 31.8. The number of carbonyl (C=O) groups excluding carboxylic acids is 1. The average molecular weight is 472 g/mol. The fourth-order valence-corrected chi connectivity index (χ4v) is 4.73. The second-order valence-corrected chi connectivity index (χ2v) is 9.98. The molecule has 0 aliphatic carbocycles. The largest absolute Gasteiger partial charge is 0.378 e. The first-order valence-electron chi connectivity index (χ1n) is 10.6. The molecule has 2 aromatic rings. The van der Waals surface area contributed by atoms with Crippen molar-refractivity contribution in [3.05, 3.63) is 53.3 Å². The van der Waals surface area contributed by atoms with Gasteiger partial charge >= 0.3 is 0 Å². The molecular weight excluding hydrogens is 445 g/mol. The van der Waals surface area contributed by atoms with Crippen molar-refractivity contribution < 1.29 is 18.1 Å². The summed E-state index contributed by atoms with van der Waals surface area (Å²) in [5.41, 5.74) is 1.88. The number of rotatable bonds is 4. The van der Waals surface area contributed by atoms with E-state index in [-0.39, 0.29) is 11.5 Å². The highest BCUT2D eigenvalue weighted by Crippen LogP contribution is 2.27. The Hall–Kier alpha value is -3.13. The molecule has 1 amide bonds. The first-order valence-corrected chi connectivity index (χ1v) is 12.4. The van der Waals surface area contributed by atoms with Crippen LogP contribution in [0.5, 0.6) is 0 Å². The van der Waals surface area contributed by atoms with Gasteiger partial charge in [-0.2, -0.15) is 5.26 Å². The van der Waals surface area contributed by atoms with E-state index in [4.69, 9.17) is 15.1 Å². The van der Waals surface area contributed by atoms with Gasteiger partial charge in [-0.25, -0.2) is 8.60 Å². The lowest BCUT2D eigenvalue weighted by Gasteiger charge is -2.37. The van der Waals surface area contributed by atoms with E-state index in [9.17, 15) is 13.4 Å². The van der Waals surface area contributed by atoms with Gasteiger partial charge in [-0.15, -0.1) is 0 Å². The Morgan fingerprint density at radius 1 is 1.06 bits per heavy atom. The minimum Gasteiger partial charge on any atom is -0.378 e. The smallest absolute Gasteiger partial charge is 0.256 e. The number of halogens is 1. The molecule has 2 fully saturated rings. The molecule has 4 rings (SSSR count). The zero-order chi connectivity index (χ0) is 23.6. The predicted molar refractivity (Wildman–Crippen MR) is 126 cm³/mol. The first-order chi connectivity index (χ1) is 15.8. The Morgan fingerprint density at radius 2 is 1.76 bits per heavy atom. The molecule has 0 saturated carbocycles. The molecule has 8 nitrogen and oxygen atoms in total. The Morgan fingerprint density at radius 3 is 2.36 bits per heavy atom. The van der Waals surface area contributed by atoms with Crippen molar-refractivity contribution in [2.24, 2.45) is 5.14 Å². The van der Waals surface area contributed by atoms with Crippen molar-refractivity contribution in [2.75, 3.05) is 62.3 Å². The molecular formula is C23H26FN5O3S. The van der Waals surface area contributed by atoms with Crippen molar-refractivity contribution in [2.45, 2.75) is 4.90 Å². The molecule has 0 spiro atoms. The van der Waals surface area contributed by atoms with Crippen LogP contribution in [0.4, 0.5) is 15.8 Å². The van der Waals surface area contributed by atoms with E-state index in [1.54, 1.807) is 29.2 Å². The van der Waals surface area contributed by atoms with Gasteiger partial charge in [0.15, 0.2) is 0 Å². The Balaban J connectivity index is 1.55. The van der Waals surface area contributed by atoms with E-state index in [0.29, 0.717) is 68.6 Å². The van der Waals surface area contributed by atoms with Crippen LogP contribution in [0.25, 0.3) is 0 Å². The molecule has 2 heterocycles. The summed E-state index contributed by atoms with van der Waals surface area (Å²) in [5, 5.41) is 14.7. The molecule has 2 aliphatic heterocycles. The van der Waals surface area contributed by atoms with Crippen LogP contribution in [-0.4, -0.2) is 73.4 Å². The van der Waals surface area contributed by atoms with Crippen molar-refractivity contribution in [3.8, 4) is 6.07 Å². The van der Waals surface area contributed by atoms with Gasteiger partial charge in [-0.1, -0.05) is 0 Å². The monoisotopic (exact) mass is 471 g/mol. The molecule has 1 atom stereocenters. The minimum atomic E-state index is -2.97. The molecule has 0 aromatic heterocycles. The molecule has 174 valence electrons. The van der Waals surface area contributed by atoms with Gasteiger partial charge in [-0.05, 0) is 42.3 Å². The van der Waals surface area contributed by atoms with Crippen LogP contribution in [-0.2, 0) is 14.4 Å². The van der Waals surface area contributed by atoms with Crippen LogP contribution in [0.1, 0.15) is 15.9 Å². The third-order valence-corrected chi connectivity index (χ3v) is 7.01. The molecule has 2 aliphatic rings. The zero-order valence-corrected chi connectivity index (χ0v) is 19.0. The molecule has 10 heteroatoms. The third-order valence-electron chi connectivity index (χ3n) is 5.95. The SMILES string of the molecule is C=S(N)(=O)c1ccc(N2CCOCC2)c(C(=O)N2CCN(c3ccc(C#N)c(F)c3)CC2)c1. The number of anilines is 2. The van der Waals surface area contributed by atoms with Crippen LogP contribution in [0.3, 0.4) is 0 Å². The Bertz CT molecular complexity index is 1200. The van der Waals surface area contributed by atoms with Gasteiger partial charge < -0.3 is 19.4 Å². The summed E-state index contributed by atoms with van der Waals surface area (Å²) >= 11 is 0. The van der Waals surface area contributed by atoms with Crippen LogP contribution >= 0.6 is 0 Å². The highest BCUT2D eigenvalue weighted by molar-refractivity contribution is 7.98. The van der Waals surface area contributed by atoms with E-state index in [2.05, 4.69) is 10.8 Å². The average Bonchev–Trinajstić information content (AvgIpc) is 2.83. The molecule has 2 N–H and O–H groups in total. The molecule has 2 saturated heterocycles. The highest BCUT2D eigenvalue weighted by Gasteiger charge is 2.27. The summed E-state index contributed by atoms with van der Waals surface area (Å²) in [5.74, 6) is 2.82. The van der Waals surface area contributed by atoms with Gasteiger partial charge in [0.05, 0.1) is 34.0 Å². The fourth-order valence-electron chi connectivity index (χ4n) is 4.11. The number of benzene rings is 2. The number of hydrogen-bond acceptors (Lipinski definition) is 6. The number of ether oxygens (including phenoxy) is 1. The number of amides is 1. The summed E-state index contributed by atoms with van der Waals surface area (Å²) in [4.78, 5) is 19.7. The lowest BCUT2D eigenvalue weighted by atomic mass is 10.1. The van der Waals surface area contributed by atoms with Gasteiger partial charge in [0.25, 0.3) is 5.91 Å². The Labute approximate surface area is 193 Å². The van der Waals surface area contributed by atoms with Gasteiger partial charge in [-0.3, -0.25) is 9.93 Å². The number of piperazine rings is 1. The van der Waals surface area contributed by atoms with Gasteiger partial charge in [0.2, 0.25) is 0 Å². The lowest BCUT2D eigenvalue weighted by molar-refractivity contribution is 0.0746. The molecule has 1 unspecified atom stereocenters. The van der Waals surface area contributed by atoms with Crippen LogP contribution in [0.15, 0.2) is 41.3 Å². The zero-order valence-electron chi connectivity index (χ0n) is 18.2. The van der Waals surface area contributed by atoms with E-state index in [1.807, 2.05) is 11.0 Å². The Kier molecular flexibility index (Phi) is 6.56. The van der Waals surface area contributed by atoms with Crippen molar-refractivity contribution >= 4 is 32.9 Å². The lowest BCUT2D eigenvalue weighted by Crippen LogP contribution is -2.49. The number of carbonyl (C=O) groups is 1. The van der Waals surface area contributed by atoms with E-state index in [0.717, 1.165) is 5.69 Å². The number of morpholine rings is 1. The maximum atomic E-state index is 14.0. The number of nitrogens with two attached hydrogens (primary N) is 1. The summed E-state index contributed by atoms with van der Waals surface area (Å²) in [7, 11) is -2.97. The van der Waals surface area contributed by atoms with E-state index >= 15 is 0 Å². The fraction of sp³-hybridized carbons (Fsp3) is 0.348. The van der Waals surface area contributed by atoms with Crippen LogP contribution in [0.2, 0.25) is 0 Å². The highest BCUT2D eigenvalue weighted by atomic mass is 32.2. The summed E-state index contributed by atoms with van der Waals surface area (Å²) in [6.45, 7) is 4.36. The van der Waals surface area contributed by atoms with Crippen molar-refractivity contribution in [3.63, 3.8) is 0 Å². The summed E-state index contributed by atoms with van der Waals surface area (Å²) in [6.07, 6.45) is 0. The molecule has 2 aromatic carbocycles. The van der Waals surface area contributed by atoms with Crippen molar-refractivity contribution in [1.29, 1.82) is 5.26 Å². The maximum Gasteiger partial charge on any atom is 0.256 e. The molecule has 0 bridgehead atoms. The minimum absolute atomic E-state index is 0.00462. The second-order valence-electron chi connectivity index (χ2n) is 8.06. The quantitative estimate of drug-likeness (QED) is 0.677. The molecule has 33 heavy (non-hydrogen) atoms. The maximum absolute atomic E-state index is 14.0. The summed E-state index contributed by atoms with van der Waals surface area (Å²) in [6, 6.07) is 11.4. The van der Waals surface area contributed by atoms with E-state index < -0.39 is 15.5 Å². The number of nitrogens with zero attached hydrogens (tertiary/aromatic N) is 4. The number of nitriles is 1. The number of hydrogen-bond donors (Lipinski definition) is 1. The topological polar surface area (TPSA) is 103 Å². The predicted octanol–water partition coefficient (Wildman–Crippen LogP) is 1.45. The standard InChI is InChI=1S/C23H26FN5O3S/c1-33(26,31)19-4-5-22(28-10-12-32-13-11-28)20(15-19)23(30)29-8-6-27(7-9-29)18-3-2-17(16-25)21(24)14-18/h2-5,14-15H,1,6-13H2,(H2,26,31). The second kappa shape index (κ2) is 9.39. The first kappa shape index (κ1) is 23.0. The van der Waals surface area contributed by atoms with Gasteiger partial charge in [0, 0.05) is 55.5 Å². The van der Waals surface area contributed by atoms with Crippen molar-refractivity contribution in [1.82, 2.24) is 4.90 Å². The van der Waals surface area contributed by atoms with Crippen LogP contribution in [0, 0.1) is 17.1 Å². The normalized spacial score (nSPS) is 18.5. The molecule has 0 radical (unpaired) electrons. The van der Waals surface area contributed by atoms with Crippen LogP contribution < -0.4 is 14.9 Å². The van der Waals surface area contributed by atoms with Gasteiger partial charge in [0.1, 0.15) is 11.9 Å². The van der Waals surface area contributed by atoms with E-state index in [1.165, 1.54) is 12.1 Å². The third kappa shape index (κ3) is 4.95.